The molecule has 0 saturated heterocycles. The van der Waals surface area contributed by atoms with E-state index in [0.29, 0.717) is 16.7 Å². The third-order valence-electron chi connectivity index (χ3n) is 5.07. The standard InChI is InChI=1S/C23H29BrFN3O4S/c1-4-5-13-26-23(30)17(2)27(15-18-9-6-7-12-21(18)25)22(29)16-28(33(3,31)32)20-11-8-10-19(24)14-20/h6-12,14,17H,4-5,13,15-16H2,1-3H3,(H,26,30). The molecule has 0 aromatic heterocycles. The van der Waals surface area contributed by atoms with Crippen LogP contribution in [0.1, 0.15) is 32.3 Å². The predicted molar refractivity (Wildman–Crippen MR) is 131 cm³/mol. The number of sulfonamides is 1. The summed E-state index contributed by atoms with van der Waals surface area (Å²) in [6, 6.07) is 11.6. The summed E-state index contributed by atoms with van der Waals surface area (Å²) in [7, 11) is -3.82. The second kappa shape index (κ2) is 12.1. The van der Waals surface area contributed by atoms with Crippen LogP contribution in [-0.4, -0.2) is 50.5 Å². The summed E-state index contributed by atoms with van der Waals surface area (Å²) < 4.78 is 40.9. The molecule has 180 valence electrons. The molecule has 7 nitrogen and oxygen atoms in total. The number of amides is 2. The molecule has 2 amide bonds. The maximum atomic E-state index is 14.3. The molecule has 0 spiro atoms. The lowest BCUT2D eigenvalue weighted by molar-refractivity contribution is -0.139. The Hall–Kier alpha value is -2.46. The number of rotatable bonds is 11. The molecule has 0 aliphatic carbocycles. The Bertz CT molecular complexity index is 1080. The fourth-order valence-electron chi connectivity index (χ4n) is 3.17. The van der Waals surface area contributed by atoms with Gasteiger partial charge >= 0.3 is 0 Å². The first-order valence-electron chi connectivity index (χ1n) is 10.6. The molecule has 33 heavy (non-hydrogen) atoms. The molecule has 1 unspecified atom stereocenters. The molecule has 0 aliphatic rings. The van der Waals surface area contributed by atoms with Gasteiger partial charge in [-0.15, -0.1) is 0 Å². The van der Waals surface area contributed by atoms with E-state index in [1.54, 1.807) is 37.3 Å². The summed E-state index contributed by atoms with van der Waals surface area (Å²) in [5, 5.41) is 2.78. The van der Waals surface area contributed by atoms with Crippen molar-refractivity contribution in [2.75, 3.05) is 23.7 Å². The number of carbonyl (C=O) groups excluding carboxylic acids is 2. The predicted octanol–water partition coefficient (Wildman–Crippen LogP) is 3.69. The average molecular weight is 542 g/mol. The number of halogens is 2. The van der Waals surface area contributed by atoms with Gasteiger partial charge in [0.1, 0.15) is 18.4 Å². The summed E-state index contributed by atoms with van der Waals surface area (Å²) >= 11 is 3.31. The smallest absolute Gasteiger partial charge is 0.244 e. The Balaban J connectivity index is 2.36. The second-order valence-corrected chi connectivity index (χ2v) is 10.5. The number of anilines is 1. The number of nitrogens with one attached hydrogen (secondary N) is 1. The van der Waals surface area contributed by atoms with Crippen molar-refractivity contribution in [3.8, 4) is 0 Å². The molecule has 0 heterocycles. The molecule has 1 atom stereocenters. The van der Waals surface area contributed by atoms with E-state index in [4.69, 9.17) is 0 Å². The molecule has 10 heteroatoms. The van der Waals surface area contributed by atoms with Crippen LogP contribution in [0, 0.1) is 5.82 Å². The normalized spacial score (nSPS) is 12.2. The quantitative estimate of drug-likeness (QED) is 0.439. The van der Waals surface area contributed by atoms with Gasteiger partial charge in [0.2, 0.25) is 21.8 Å². The Morgan fingerprint density at radius 1 is 1.15 bits per heavy atom. The lowest BCUT2D eigenvalue weighted by Gasteiger charge is -2.31. The number of benzene rings is 2. The van der Waals surface area contributed by atoms with Crippen molar-refractivity contribution in [1.29, 1.82) is 0 Å². The first kappa shape index (κ1) is 26.8. The van der Waals surface area contributed by atoms with Gasteiger partial charge in [-0.25, -0.2) is 12.8 Å². The van der Waals surface area contributed by atoms with Gasteiger partial charge in [-0.05, 0) is 37.6 Å². The van der Waals surface area contributed by atoms with Crippen molar-refractivity contribution < 1.29 is 22.4 Å². The lowest BCUT2D eigenvalue weighted by atomic mass is 10.1. The van der Waals surface area contributed by atoms with Crippen molar-refractivity contribution in [2.45, 2.75) is 39.3 Å². The van der Waals surface area contributed by atoms with E-state index in [1.807, 2.05) is 6.92 Å². The van der Waals surface area contributed by atoms with Gasteiger partial charge < -0.3 is 10.2 Å². The topological polar surface area (TPSA) is 86.8 Å². The SMILES string of the molecule is CCCCNC(=O)C(C)N(Cc1ccccc1F)C(=O)CN(c1cccc(Br)c1)S(C)(=O)=O. The zero-order valence-electron chi connectivity index (χ0n) is 18.9. The Kier molecular flexibility index (Phi) is 9.85. The molecular weight excluding hydrogens is 513 g/mol. The highest BCUT2D eigenvalue weighted by molar-refractivity contribution is 9.10. The first-order valence-corrected chi connectivity index (χ1v) is 13.2. The zero-order valence-corrected chi connectivity index (χ0v) is 21.3. The minimum atomic E-state index is -3.82. The van der Waals surface area contributed by atoms with E-state index in [-0.39, 0.29) is 18.0 Å². The molecule has 2 aromatic rings. The van der Waals surface area contributed by atoms with E-state index in [1.165, 1.54) is 23.1 Å². The van der Waals surface area contributed by atoms with Gasteiger partial charge in [0.05, 0.1) is 11.9 Å². The van der Waals surface area contributed by atoms with Crippen LogP contribution < -0.4 is 9.62 Å². The minimum Gasteiger partial charge on any atom is -0.354 e. The summed E-state index contributed by atoms with van der Waals surface area (Å²) in [6.45, 7) is 3.28. The highest BCUT2D eigenvalue weighted by Gasteiger charge is 2.30. The van der Waals surface area contributed by atoms with Crippen molar-refractivity contribution >= 4 is 43.5 Å². The summed E-state index contributed by atoms with van der Waals surface area (Å²) in [4.78, 5) is 27.3. The Morgan fingerprint density at radius 2 is 1.85 bits per heavy atom. The van der Waals surface area contributed by atoms with Crippen LogP contribution in [0.5, 0.6) is 0 Å². The molecule has 1 N–H and O–H groups in total. The molecule has 0 saturated carbocycles. The van der Waals surface area contributed by atoms with Crippen LogP contribution >= 0.6 is 15.9 Å². The summed E-state index contributed by atoms with van der Waals surface area (Å²) in [6.07, 6.45) is 2.68. The number of carbonyl (C=O) groups is 2. The van der Waals surface area contributed by atoms with Gasteiger partial charge in [-0.1, -0.05) is 53.5 Å². The Morgan fingerprint density at radius 3 is 2.45 bits per heavy atom. The molecular formula is C23H29BrFN3O4S. The van der Waals surface area contributed by atoms with Crippen LogP contribution in [0.15, 0.2) is 53.0 Å². The number of hydrogen-bond donors (Lipinski definition) is 1. The van der Waals surface area contributed by atoms with E-state index >= 15 is 0 Å². The van der Waals surface area contributed by atoms with E-state index in [2.05, 4.69) is 21.2 Å². The third kappa shape index (κ3) is 7.82. The highest BCUT2D eigenvalue weighted by Crippen LogP contribution is 2.23. The fourth-order valence-corrected chi connectivity index (χ4v) is 4.40. The van der Waals surface area contributed by atoms with Crippen molar-refractivity contribution in [1.82, 2.24) is 10.2 Å². The summed E-state index contributed by atoms with van der Waals surface area (Å²) in [5.41, 5.74) is 0.526. The molecule has 2 aromatic carbocycles. The first-order chi connectivity index (χ1) is 15.5. The van der Waals surface area contributed by atoms with Crippen molar-refractivity contribution in [3.05, 3.63) is 64.4 Å². The van der Waals surface area contributed by atoms with Gasteiger partial charge in [-0.3, -0.25) is 13.9 Å². The monoisotopic (exact) mass is 541 g/mol. The maximum Gasteiger partial charge on any atom is 0.244 e. The van der Waals surface area contributed by atoms with Crippen molar-refractivity contribution in [3.63, 3.8) is 0 Å². The van der Waals surface area contributed by atoms with Gasteiger partial charge in [0, 0.05) is 23.1 Å². The van der Waals surface area contributed by atoms with Crippen LogP contribution in [0.25, 0.3) is 0 Å². The molecule has 0 fully saturated rings. The van der Waals surface area contributed by atoms with Crippen LogP contribution in [0.4, 0.5) is 10.1 Å². The van der Waals surface area contributed by atoms with E-state index in [0.717, 1.165) is 23.4 Å². The largest absolute Gasteiger partial charge is 0.354 e. The molecule has 0 bridgehead atoms. The third-order valence-corrected chi connectivity index (χ3v) is 6.70. The number of nitrogens with zero attached hydrogens (tertiary/aromatic N) is 2. The summed E-state index contributed by atoms with van der Waals surface area (Å²) in [5.74, 6) is -1.52. The van der Waals surface area contributed by atoms with Crippen LogP contribution in [-0.2, 0) is 26.2 Å². The molecule has 2 rings (SSSR count). The van der Waals surface area contributed by atoms with E-state index < -0.39 is 34.3 Å². The maximum absolute atomic E-state index is 14.3. The van der Waals surface area contributed by atoms with Crippen molar-refractivity contribution in [2.24, 2.45) is 0 Å². The van der Waals surface area contributed by atoms with Gasteiger partial charge in [-0.2, -0.15) is 0 Å². The van der Waals surface area contributed by atoms with Gasteiger partial charge in [0.15, 0.2) is 0 Å². The zero-order chi connectivity index (χ0) is 24.6. The van der Waals surface area contributed by atoms with Crippen LogP contribution in [0.3, 0.4) is 0 Å². The Labute approximate surface area is 203 Å². The highest BCUT2D eigenvalue weighted by atomic mass is 79.9. The van der Waals surface area contributed by atoms with E-state index in [9.17, 15) is 22.4 Å². The fraction of sp³-hybridized carbons (Fsp3) is 0.391. The molecule has 0 radical (unpaired) electrons. The average Bonchev–Trinajstić information content (AvgIpc) is 2.75. The lowest BCUT2D eigenvalue weighted by Crippen LogP contribution is -2.51. The van der Waals surface area contributed by atoms with Crippen LogP contribution in [0.2, 0.25) is 0 Å². The van der Waals surface area contributed by atoms with Gasteiger partial charge in [0.25, 0.3) is 0 Å². The number of unbranched alkanes of at least 4 members (excludes halogenated alkanes) is 1. The number of hydrogen-bond acceptors (Lipinski definition) is 4. The molecule has 0 aliphatic heterocycles. The second-order valence-electron chi connectivity index (χ2n) is 7.68. The minimum absolute atomic E-state index is 0.177.